The topological polar surface area (TPSA) is 80.6 Å². The average Bonchev–Trinajstić information content (AvgIpc) is 2.86. The summed E-state index contributed by atoms with van der Waals surface area (Å²) >= 11 is 3.46. The molecule has 6 nitrogen and oxygen atoms in total. The first-order valence-electron chi connectivity index (χ1n) is 10.8. The van der Waals surface area contributed by atoms with E-state index < -0.39 is 5.91 Å². The average molecular weight is 539 g/mol. The molecule has 0 bridgehead atoms. The summed E-state index contributed by atoms with van der Waals surface area (Å²) in [5.74, 6) is 0.655. The van der Waals surface area contributed by atoms with Gasteiger partial charge in [-0.3, -0.25) is 4.79 Å². The van der Waals surface area contributed by atoms with E-state index in [4.69, 9.17) is 14.2 Å². The van der Waals surface area contributed by atoms with Gasteiger partial charge in [0.25, 0.3) is 5.91 Å². The second kappa shape index (κ2) is 12.6. The van der Waals surface area contributed by atoms with E-state index in [-0.39, 0.29) is 24.5 Å². The number of nitrogens with one attached hydrogen (secondary N) is 1. The van der Waals surface area contributed by atoms with Gasteiger partial charge in [-0.15, -0.1) is 0 Å². The molecule has 3 aromatic rings. The molecule has 0 heterocycles. The van der Waals surface area contributed by atoms with E-state index in [9.17, 15) is 14.4 Å². The van der Waals surface area contributed by atoms with E-state index in [0.29, 0.717) is 33.7 Å². The third-order valence-corrected chi connectivity index (χ3v) is 5.54. The van der Waals surface area contributed by atoms with Crippen molar-refractivity contribution in [2.45, 2.75) is 20.1 Å². The first-order chi connectivity index (χ1) is 16.9. The number of amides is 1. The van der Waals surface area contributed by atoms with Crippen LogP contribution >= 0.6 is 15.9 Å². The van der Waals surface area contributed by atoms with Gasteiger partial charge in [0.1, 0.15) is 29.8 Å². The summed E-state index contributed by atoms with van der Waals surface area (Å²) < 4.78 is 31.2. The third-order valence-electron chi connectivity index (χ3n) is 4.95. The first kappa shape index (κ1) is 25.8. The molecular weight excluding hydrogens is 515 g/mol. The lowest BCUT2D eigenvalue weighted by atomic mass is 10.1. The Morgan fingerprint density at radius 3 is 2.54 bits per heavy atom. The number of hydrogen-bond donors (Lipinski definition) is 1. The summed E-state index contributed by atoms with van der Waals surface area (Å²) in [6.07, 6.45) is 1.47. The van der Waals surface area contributed by atoms with Crippen LogP contribution in [0.3, 0.4) is 0 Å². The van der Waals surface area contributed by atoms with Crippen molar-refractivity contribution in [3.63, 3.8) is 0 Å². The molecule has 0 fully saturated rings. The Labute approximate surface area is 212 Å². The van der Waals surface area contributed by atoms with Gasteiger partial charge in [-0.2, -0.15) is 5.26 Å². The summed E-state index contributed by atoms with van der Waals surface area (Å²) in [6, 6.07) is 18.9. The number of methoxy groups -OCH3 is 1. The minimum Gasteiger partial charge on any atom is -0.497 e. The number of benzene rings is 3. The number of rotatable bonds is 10. The van der Waals surface area contributed by atoms with Gasteiger partial charge < -0.3 is 19.5 Å². The van der Waals surface area contributed by atoms with Crippen LogP contribution in [0.15, 0.2) is 70.7 Å². The zero-order valence-electron chi connectivity index (χ0n) is 19.3. The van der Waals surface area contributed by atoms with E-state index in [1.165, 1.54) is 12.1 Å². The fourth-order valence-electron chi connectivity index (χ4n) is 3.18. The Hall–Kier alpha value is -3.83. The van der Waals surface area contributed by atoms with Crippen LogP contribution in [-0.4, -0.2) is 19.6 Å². The van der Waals surface area contributed by atoms with Crippen LogP contribution in [0.4, 0.5) is 4.39 Å². The second-order valence-corrected chi connectivity index (χ2v) is 8.20. The summed E-state index contributed by atoms with van der Waals surface area (Å²) in [5, 5.41) is 12.3. The minimum atomic E-state index is -0.503. The Kier molecular flexibility index (Phi) is 9.27. The predicted octanol–water partition coefficient (Wildman–Crippen LogP) is 5.80. The van der Waals surface area contributed by atoms with Crippen LogP contribution in [0.5, 0.6) is 17.2 Å². The fourth-order valence-corrected chi connectivity index (χ4v) is 3.75. The molecule has 0 atom stereocenters. The predicted molar refractivity (Wildman–Crippen MR) is 134 cm³/mol. The van der Waals surface area contributed by atoms with Crippen molar-refractivity contribution >= 4 is 27.9 Å². The Balaban J connectivity index is 1.77. The lowest BCUT2D eigenvalue weighted by molar-refractivity contribution is -0.117. The number of carbonyl (C=O) groups is 1. The van der Waals surface area contributed by atoms with Gasteiger partial charge in [-0.25, -0.2) is 4.39 Å². The van der Waals surface area contributed by atoms with Crippen molar-refractivity contribution in [2.75, 3.05) is 13.7 Å². The number of halogens is 2. The normalized spacial score (nSPS) is 10.9. The molecule has 3 aromatic carbocycles. The van der Waals surface area contributed by atoms with E-state index in [1.807, 2.05) is 25.1 Å². The summed E-state index contributed by atoms with van der Waals surface area (Å²) in [4.78, 5) is 12.6. The number of carbonyl (C=O) groups excluding carboxylic acids is 1. The smallest absolute Gasteiger partial charge is 0.262 e. The van der Waals surface area contributed by atoms with Gasteiger partial charge in [-0.1, -0.05) is 30.3 Å². The molecule has 180 valence electrons. The molecular formula is C27H24BrFN2O4. The first-order valence-corrected chi connectivity index (χ1v) is 11.6. The monoisotopic (exact) mass is 538 g/mol. The van der Waals surface area contributed by atoms with Gasteiger partial charge in [0.15, 0.2) is 11.5 Å². The Bertz CT molecular complexity index is 1250. The molecule has 1 N–H and O–H groups in total. The SMILES string of the molecule is CCOc1cc(/C=C(/C#N)C(=O)NCc2ccc(OC)cc2)cc(Br)c1OCc1ccccc1F. The van der Waals surface area contributed by atoms with E-state index in [1.54, 1.807) is 49.6 Å². The maximum Gasteiger partial charge on any atom is 0.262 e. The molecule has 0 radical (unpaired) electrons. The molecule has 0 aliphatic rings. The molecule has 1 amide bonds. The Morgan fingerprint density at radius 2 is 1.89 bits per heavy atom. The van der Waals surface area contributed by atoms with Gasteiger partial charge in [-0.05, 0) is 70.4 Å². The van der Waals surface area contributed by atoms with Crippen LogP contribution in [0.25, 0.3) is 6.08 Å². The molecule has 0 saturated heterocycles. The standard InChI is InChI=1S/C27H24BrFN2O4/c1-3-34-25-14-19(13-23(28)26(25)35-17-20-6-4-5-7-24(20)29)12-21(15-30)27(32)31-16-18-8-10-22(33-2)11-9-18/h4-14H,3,16-17H2,1-2H3,(H,31,32)/b21-12-. The fraction of sp³-hybridized carbons (Fsp3) is 0.185. The third kappa shape index (κ3) is 7.08. The largest absolute Gasteiger partial charge is 0.497 e. The highest BCUT2D eigenvalue weighted by Gasteiger charge is 2.15. The molecule has 0 unspecified atom stereocenters. The molecule has 0 aromatic heterocycles. The highest BCUT2D eigenvalue weighted by Crippen LogP contribution is 2.38. The maximum atomic E-state index is 14.0. The second-order valence-electron chi connectivity index (χ2n) is 7.34. The highest BCUT2D eigenvalue weighted by atomic mass is 79.9. The molecule has 35 heavy (non-hydrogen) atoms. The van der Waals surface area contributed by atoms with Gasteiger partial charge >= 0.3 is 0 Å². The molecule has 0 spiro atoms. The van der Waals surface area contributed by atoms with Crippen molar-refractivity contribution in [1.82, 2.24) is 5.32 Å². The Morgan fingerprint density at radius 1 is 1.14 bits per heavy atom. The molecule has 8 heteroatoms. The van der Waals surface area contributed by atoms with Crippen LogP contribution in [-0.2, 0) is 17.9 Å². The summed E-state index contributed by atoms with van der Waals surface area (Å²) in [6.45, 7) is 2.46. The van der Waals surface area contributed by atoms with Crippen LogP contribution in [0.2, 0.25) is 0 Å². The summed E-state index contributed by atoms with van der Waals surface area (Å²) in [5.41, 5.74) is 1.78. The van der Waals surface area contributed by atoms with Crippen molar-refractivity contribution in [3.8, 4) is 23.3 Å². The number of hydrogen-bond acceptors (Lipinski definition) is 5. The van der Waals surface area contributed by atoms with Gasteiger partial charge in [0.2, 0.25) is 0 Å². The van der Waals surface area contributed by atoms with Crippen molar-refractivity contribution < 1.29 is 23.4 Å². The van der Waals surface area contributed by atoms with E-state index in [0.717, 1.165) is 11.3 Å². The molecule has 0 saturated carbocycles. The maximum absolute atomic E-state index is 14.0. The quantitative estimate of drug-likeness (QED) is 0.260. The zero-order valence-corrected chi connectivity index (χ0v) is 20.9. The van der Waals surface area contributed by atoms with Crippen LogP contribution in [0.1, 0.15) is 23.6 Å². The van der Waals surface area contributed by atoms with E-state index >= 15 is 0 Å². The molecule has 0 aliphatic carbocycles. The zero-order chi connectivity index (χ0) is 25.2. The van der Waals surface area contributed by atoms with Crippen molar-refractivity contribution in [3.05, 3.63) is 93.2 Å². The lowest BCUT2D eigenvalue weighted by Crippen LogP contribution is -2.23. The van der Waals surface area contributed by atoms with Crippen molar-refractivity contribution in [1.29, 1.82) is 5.26 Å². The van der Waals surface area contributed by atoms with Gasteiger partial charge in [0.05, 0.1) is 18.2 Å². The number of ether oxygens (including phenoxy) is 3. The summed E-state index contributed by atoms with van der Waals surface area (Å²) in [7, 11) is 1.58. The highest BCUT2D eigenvalue weighted by molar-refractivity contribution is 9.10. The van der Waals surface area contributed by atoms with E-state index in [2.05, 4.69) is 21.2 Å². The van der Waals surface area contributed by atoms with Crippen LogP contribution in [0, 0.1) is 17.1 Å². The minimum absolute atomic E-state index is 0.0117. The number of nitriles is 1. The molecule has 0 aliphatic heterocycles. The lowest BCUT2D eigenvalue weighted by Gasteiger charge is -2.15. The van der Waals surface area contributed by atoms with Crippen LogP contribution < -0.4 is 19.5 Å². The van der Waals surface area contributed by atoms with Crippen molar-refractivity contribution in [2.24, 2.45) is 0 Å². The molecule has 3 rings (SSSR count). The number of nitrogens with zero attached hydrogens (tertiary/aromatic N) is 1. The van der Waals surface area contributed by atoms with Gasteiger partial charge in [0, 0.05) is 12.1 Å².